The molecule has 0 bridgehead atoms. The van der Waals surface area contributed by atoms with E-state index < -0.39 is 0 Å². The van der Waals surface area contributed by atoms with Crippen molar-refractivity contribution in [2.24, 2.45) is 10.9 Å². The number of morpholine rings is 1. The van der Waals surface area contributed by atoms with Gasteiger partial charge in [-0.3, -0.25) is 14.7 Å². The minimum atomic E-state index is -0.0588. The molecule has 7 heteroatoms. The standard InChI is InChI=1S/C20H33N5O2/c1-16(15-25-9-11-27-12-10-25)14-24-20(22-3)23-8-7-17-5-4-6-18(13-17)19(26)21-2/h4-6,13,16H,7-12,14-15H2,1-3H3,(H,21,26)(H2,22,23,24). The zero-order chi connectivity index (χ0) is 19.5. The Hall–Kier alpha value is -2.12. The second kappa shape index (κ2) is 11.6. The normalized spacial score (nSPS) is 16.6. The molecule has 150 valence electrons. The molecule has 1 fully saturated rings. The zero-order valence-corrected chi connectivity index (χ0v) is 16.8. The maximum absolute atomic E-state index is 11.7. The third kappa shape index (κ3) is 7.56. The van der Waals surface area contributed by atoms with Crippen LogP contribution in [0.2, 0.25) is 0 Å². The Bertz CT molecular complexity index is 614. The molecule has 1 aromatic rings. The highest BCUT2D eigenvalue weighted by Gasteiger charge is 2.14. The molecule has 0 aliphatic carbocycles. The van der Waals surface area contributed by atoms with Crippen molar-refractivity contribution in [3.05, 3.63) is 35.4 Å². The number of guanidine groups is 1. The van der Waals surface area contributed by atoms with Crippen LogP contribution in [-0.4, -0.2) is 76.8 Å². The van der Waals surface area contributed by atoms with E-state index in [1.165, 1.54) is 0 Å². The molecule has 1 amide bonds. The summed E-state index contributed by atoms with van der Waals surface area (Å²) in [6.07, 6.45) is 0.828. The Labute approximate surface area is 162 Å². The zero-order valence-electron chi connectivity index (χ0n) is 16.8. The number of aliphatic imine (C=N–C) groups is 1. The number of ether oxygens (including phenoxy) is 1. The van der Waals surface area contributed by atoms with Gasteiger partial charge in [-0.05, 0) is 30.0 Å². The number of hydrogen-bond acceptors (Lipinski definition) is 4. The Balaban J connectivity index is 1.70. The van der Waals surface area contributed by atoms with Crippen LogP contribution in [0.4, 0.5) is 0 Å². The molecule has 1 atom stereocenters. The van der Waals surface area contributed by atoms with Gasteiger partial charge in [0, 0.05) is 52.4 Å². The van der Waals surface area contributed by atoms with E-state index in [1.807, 2.05) is 24.3 Å². The minimum absolute atomic E-state index is 0.0588. The Morgan fingerprint density at radius 2 is 2.07 bits per heavy atom. The lowest BCUT2D eigenvalue weighted by Gasteiger charge is -2.29. The van der Waals surface area contributed by atoms with Crippen LogP contribution in [0.1, 0.15) is 22.8 Å². The van der Waals surface area contributed by atoms with Gasteiger partial charge in [0.1, 0.15) is 0 Å². The highest BCUT2D eigenvalue weighted by molar-refractivity contribution is 5.94. The lowest BCUT2D eigenvalue weighted by Crippen LogP contribution is -2.44. The fraction of sp³-hybridized carbons (Fsp3) is 0.600. The molecule has 1 aliphatic rings. The number of amides is 1. The van der Waals surface area contributed by atoms with Crippen molar-refractivity contribution in [1.29, 1.82) is 0 Å². The summed E-state index contributed by atoms with van der Waals surface area (Å²) < 4.78 is 5.40. The van der Waals surface area contributed by atoms with E-state index in [4.69, 9.17) is 4.74 Å². The van der Waals surface area contributed by atoms with E-state index in [0.29, 0.717) is 11.5 Å². The van der Waals surface area contributed by atoms with Gasteiger partial charge in [-0.1, -0.05) is 19.1 Å². The summed E-state index contributed by atoms with van der Waals surface area (Å²) in [4.78, 5) is 18.5. The number of carbonyl (C=O) groups is 1. The van der Waals surface area contributed by atoms with Crippen molar-refractivity contribution in [2.45, 2.75) is 13.3 Å². The minimum Gasteiger partial charge on any atom is -0.379 e. The van der Waals surface area contributed by atoms with Gasteiger partial charge in [0.25, 0.3) is 5.91 Å². The Morgan fingerprint density at radius 1 is 1.30 bits per heavy atom. The topological polar surface area (TPSA) is 78.0 Å². The van der Waals surface area contributed by atoms with Gasteiger partial charge in [0.05, 0.1) is 13.2 Å². The first-order valence-electron chi connectivity index (χ1n) is 9.68. The van der Waals surface area contributed by atoms with Gasteiger partial charge in [-0.2, -0.15) is 0 Å². The average molecular weight is 376 g/mol. The fourth-order valence-electron chi connectivity index (χ4n) is 3.12. The average Bonchev–Trinajstić information content (AvgIpc) is 2.70. The highest BCUT2D eigenvalue weighted by atomic mass is 16.5. The summed E-state index contributed by atoms with van der Waals surface area (Å²) in [7, 11) is 3.43. The number of nitrogens with zero attached hydrogens (tertiary/aromatic N) is 2. The molecule has 1 aromatic carbocycles. The van der Waals surface area contributed by atoms with Crippen LogP contribution in [0.5, 0.6) is 0 Å². The van der Waals surface area contributed by atoms with Crippen molar-refractivity contribution in [3.63, 3.8) is 0 Å². The van der Waals surface area contributed by atoms with Crippen LogP contribution >= 0.6 is 0 Å². The molecular formula is C20H33N5O2. The molecule has 1 aliphatic heterocycles. The third-order valence-electron chi connectivity index (χ3n) is 4.64. The number of hydrogen-bond donors (Lipinski definition) is 3. The van der Waals surface area contributed by atoms with Gasteiger partial charge in [0.2, 0.25) is 0 Å². The van der Waals surface area contributed by atoms with E-state index in [-0.39, 0.29) is 5.91 Å². The maximum atomic E-state index is 11.7. The molecule has 0 spiro atoms. The number of carbonyl (C=O) groups excluding carboxylic acids is 1. The molecule has 2 rings (SSSR count). The van der Waals surface area contributed by atoms with Crippen LogP contribution in [0.25, 0.3) is 0 Å². The van der Waals surface area contributed by atoms with Gasteiger partial charge in [0.15, 0.2) is 5.96 Å². The predicted octanol–water partition coefficient (Wildman–Crippen LogP) is 0.722. The van der Waals surface area contributed by atoms with Gasteiger partial charge < -0.3 is 20.7 Å². The number of benzene rings is 1. The van der Waals surface area contributed by atoms with E-state index in [9.17, 15) is 4.79 Å². The van der Waals surface area contributed by atoms with Crippen molar-refractivity contribution in [2.75, 3.05) is 60.0 Å². The van der Waals surface area contributed by atoms with Gasteiger partial charge in [-0.25, -0.2) is 0 Å². The molecule has 0 aromatic heterocycles. The molecule has 27 heavy (non-hydrogen) atoms. The van der Waals surface area contributed by atoms with Crippen LogP contribution in [0.3, 0.4) is 0 Å². The molecule has 3 N–H and O–H groups in total. The third-order valence-corrected chi connectivity index (χ3v) is 4.64. The first-order chi connectivity index (χ1) is 13.1. The molecule has 1 unspecified atom stereocenters. The molecule has 0 saturated carbocycles. The Kier molecular flexibility index (Phi) is 9.07. The summed E-state index contributed by atoms with van der Waals surface area (Å²) in [5, 5.41) is 9.40. The smallest absolute Gasteiger partial charge is 0.251 e. The second-order valence-electron chi connectivity index (χ2n) is 6.93. The lowest BCUT2D eigenvalue weighted by molar-refractivity contribution is 0.0320. The van der Waals surface area contributed by atoms with Crippen molar-refractivity contribution < 1.29 is 9.53 Å². The summed E-state index contributed by atoms with van der Waals surface area (Å²) in [5.41, 5.74) is 1.81. The molecule has 7 nitrogen and oxygen atoms in total. The summed E-state index contributed by atoms with van der Waals surface area (Å²) in [6.45, 7) is 8.67. The first-order valence-corrected chi connectivity index (χ1v) is 9.68. The SMILES string of the molecule is CN=C(NCCc1cccc(C(=O)NC)c1)NCC(C)CN1CCOCC1. The van der Waals surface area contributed by atoms with Crippen molar-refractivity contribution in [3.8, 4) is 0 Å². The van der Waals surface area contributed by atoms with Crippen LogP contribution in [0.15, 0.2) is 29.3 Å². The summed E-state index contributed by atoms with van der Waals surface area (Å²) >= 11 is 0. The maximum Gasteiger partial charge on any atom is 0.251 e. The van der Waals surface area contributed by atoms with Crippen LogP contribution in [0, 0.1) is 5.92 Å². The largest absolute Gasteiger partial charge is 0.379 e. The van der Waals surface area contributed by atoms with E-state index in [0.717, 1.165) is 63.9 Å². The van der Waals surface area contributed by atoms with Crippen LogP contribution in [-0.2, 0) is 11.2 Å². The fourth-order valence-corrected chi connectivity index (χ4v) is 3.12. The number of nitrogens with one attached hydrogen (secondary N) is 3. The Morgan fingerprint density at radius 3 is 2.78 bits per heavy atom. The molecule has 1 heterocycles. The predicted molar refractivity (Wildman–Crippen MR) is 109 cm³/mol. The highest BCUT2D eigenvalue weighted by Crippen LogP contribution is 2.06. The van der Waals surface area contributed by atoms with Crippen molar-refractivity contribution >= 4 is 11.9 Å². The van der Waals surface area contributed by atoms with E-state index in [2.05, 4.69) is 32.8 Å². The van der Waals surface area contributed by atoms with Gasteiger partial charge in [-0.15, -0.1) is 0 Å². The second-order valence-corrected chi connectivity index (χ2v) is 6.93. The molecule has 0 radical (unpaired) electrons. The summed E-state index contributed by atoms with van der Waals surface area (Å²) in [5.74, 6) is 1.29. The first kappa shape index (κ1) is 21.2. The van der Waals surface area contributed by atoms with E-state index >= 15 is 0 Å². The molecule has 1 saturated heterocycles. The molecular weight excluding hydrogens is 342 g/mol. The van der Waals surface area contributed by atoms with Gasteiger partial charge >= 0.3 is 0 Å². The quantitative estimate of drug-likeness (QED) is 0.461. The van der Waals surface area contributed by atoms with Crippen molar-refractivity contribution in [1.82, 2.24) is 20.9 Å². The van der Waals surface area contributed by atoms with E-state index in [1.54, 1.807) is 14.1 Å². The number of rotatable bonds is 8. The monoisotopic (exact) mass is 375 g/mol. The lowest BCUT2D eigenvalue weighted by atomic mass is 10.1. The summed E-state index contributed by atoms with van der Waals surface area (Å²) in [6, 6.07) is 7.71. The van der Waals surface area contributed by atoms with Crippen LogP contribution < -0.4 is 16.0 Å².